The number of amides is 1. The smallest absolute Gasteiger partial charge is 0.261 e. The van der Waals surface area contributed by atoms with Crippen molar-refractivity contribution in [2.24, 2.45) is 5.92 Å². The number of methoxy groups -OCH3 is 3. The minimum Gasteiger partial charge on any atom is -0.497 e. The number of carbonyl (C=O) groups is 2. The van der Waals surface area contributed by atoms with Crippen molar-refractivity contribution < 1.29 is 23.8 Å². The first-order chi connectivity index (χ1) is 16.8. The Kier molecular flexibility index (Phi) is 7.97. The Hall–Kier alpha value is -4.06. The molecule has 2 aliphatic carbocycles. The highest BCUT2D eigenvalue weighted by molar-refractivity contribution is 6.07. The number of fused-ring (bicyclic) bond motifs is 1. The summed E-state index contributed by atoms with van der Waals surface area (Å²) in [7, 11) is 4.53. The summed E-state index contributed by atoms with van der Waals surface area (Å²) in [5.74, 6) is 0.137. The van der Waals surface area contributed by atoms with Crippen LogP contribution in [-0.2, 0) is 19.1 Å². The molecule has 2 aliphatic rings. The molecule has 0 fully saturated rings. The molecule has 182 valence electrons. The molecule has 2 atom stereocenters. The number of benzene rings is 1. The first-order valence-corrected chi connectivity index (χ1v) is 11.2. The van der Waals surface area contributed by atoms with Crippen LogP contribution < -0.4 is 10.1 Å². The van der Waals surface area contributed by atoms with Crippen molar-refractivity contribution in [3.05, 3.63) is 107 Å². The summed E-state index contributed by atoms with van der Waals surface area (Å²) < 4.78 is 16.0. The Labute approximate surface area is 206 Å². The predicted molar refractivity (Wildman–Crippen MR) is 137 cm³/mol. The molecule has 0 spiro atoms. The fourth-order valence-corrected chi connectivity index (χ4v) is 4.46. The average molecular weight is 474 g/mol. The van der Waals surface area contributed by atoms with Crippen LogP contribution in [0.3, 0.4) is 0 Å². The first-order valence-electron chi connectivity index (χ1n) is 11.2. The van der Waals surface area contributed by atoms with Gasteiger partial charge in [0.05, 0.1) is 21.3 Å². The van der Waals surface area contributed by atoms with Crippen LogP contribution in [0.15, 0.2) is 96.2 Å². The number of allylic oxidation sites excluding steroid dienone is 9. The molecule has 0 saturated heterocycles. The lowest BCUT2D eigenvalue weighted by atomic mass is 9.84. The standard InChI is InChI=1S/C29H31NO5/c1-8-10-20(9-2)30-29(32)18(4)27-17(3)23(22-12-11-21(33-5)16-24(22)27)13-19-14-25(34-6)28(31)26(15-19)35-7/h8-16,18,27H,1-2H2,3-7H3,(H,30,32)/b20-10+. The Balaban J connectivity index is 2.11. The number of hydrogen-bond donors (Lipinski definition) is 1. The number of ketones is 1. The molecule has 0 heterocycles. The van der Waals surface area contributed by atoms with E-state index in [9.17, 15) is 9.59 Å². The van der Waals surface area contributed by atoms with E-state index in [1.54, 1.807) is 37.5 Å². The van der Waals surface area contributed by atoms with E-state index in [2.05, 4.69) is 18.5 Å². The van der Waals surface area contributed by atoms with Gasteiger partial charge in [-0.15, -0.1) is 0 Å². The minimum absolute atomic E-state index is 0.128. The molecule has 0 aromatic heterocycles. The van der Waals surface area contributed by atoms with Gasteiger partial charge in [0.15, 0.2) is 11.5 Å². The van der Waals surface area contributed by atoms with Gasteiger partial charge in [-0.3, -0.25) is 9.59 Å². The van der Waals surface area contributed by atoms with E-state index in [-0.39, 0.29) is 35.0 Å². The normalized spacial score (nSPS) is 18.2. The van der Waals surface area contributed by atoms with E-state index >= 15 is 0 Å². The zero-order valence-electron chi connectivity index (χ0n) is 20.8. The number of nitrogens with one attached hydrogen (secondary N) is 1. The molecule has 35 heavy (non-hydrogen) atoms. The fraction of sp³-hybridized carbons (Fsp3) is 0.241. The van der Waals surface area contributed by atoms with Crippen LogP contribution in [-0.4, -0.2) is 33.0 Å². The number of carbonyl (C=O) groups excluding carboxylic acids is 2. The molecule has 0 radical (unpaired) electrons. The minimum atomic E-state index is -0.381. The Morgan fingerprint density at radius 3 is 2.29 bits per heavy atom. The zero-order chi connectivity index (χ0) is 25.7. The van der Waals surface area contributed by atoms with Crippen LogP contribution in [0.5, 0.6) is 5.75 Å². The molecule has 3 rings (SSSR count). The van der Waals surface area contributed by atoms with Gasteiger partial charge in [0, 0.05) is 17.5 Å². The van der Waals surface area contributed by atoms with Crippen LogP contribution in [0.2, 0.25) is 0 Å². The van der Waals surface area contributed by atoms with Crippen molar-refractivity contribution in [1.29, 1.82) is 0 Å². The number of ether oxygens (including phenoxy) is 3. The average Bonchev–Trinajstić information content (AvgIpc) is 3.13. The molecule has 2 unspecified atom stereocenters. The van der Waals surface area contributed by atoms with Crippen molar-refractivity contribution in [3.63, 3.8) is 0 Å². The Morgan fingerprint density at radius 2 is 1.74 bits per heavy atom. The monoisotopic (exact) mass is 473 g/mol. The molecule has 6 nitrogen and oxygen atoms in total. The SMILES string of the molecule is C=C/C=C(\C=C)NC(=O)C(C)C1C(C)=C(C=C2C=C(OC)C(=O)C(OC)=C2)c2ccc(OC)cc21. The van der Waals surface area contributed by atoms with Crippen LogP contribution in [0.1, 0.15) is 30.9 Å². The molecule has 0 saturated carbocycles. The summed E-state index contributed by atoms with van der Waals surface area (Å²) in [5.41, 5.74) is 5.36. The topological polar surface area (TPSA) is 73.9 Å². The first kappa shape index (κ1) is 25.6. The quantitative estimate of drug-likeness (QED) is 0.503. The van der Waals surface area contributed by atoms with Crippen LogP contribution in [0, 0.1) is 5.92 Å². The number of hydrogen-bond acceptors (Lipinski definition) is 5. The summed E-state index contributed by atoms with van der Waals surface area (Å²) in [6.45, 7) is 11.4. The maximum atomic E-state index is 13.2. The summed E-state index contributed by atoms with van der Waals surface area (Å²) in [6.07, 6.45) is 10.3. The maximum Gasteiger partial charge on any atom is 0.261 e. The van der Waals surface area contributed by atoms with Gasteiger partial charge in [-0.25, -0.2) is 0 Å². The highest BCUT2D eigenvalue weighted by Gasteiger charge is 2.36. The lowest BCUT2D eigenvalue weighted by molar-refractivity contribution is -0.124. The third-order valence-electron chi connectivity index (χ3n) is 6.27. The van der Waals surface area contributed by atoms with Crippen molar-refractivity contribution in [2.75, 3.05) is 21.3 Å². The van der Waals surface area contributed by atoms with Crippen molar-refractivity contribution in [1.82, 2.24) is 5.32 Å². The Morgan fingerprint density at radius 1 is 1.09 bits per heavy atom. The summed E-state index contributed by atoms with van der Waals surface area (Å²) in [6, 6.07) is 5.87. The van der Waals surface area contributed by atoms with Gasteiger partial charge in [0.1, 0.15) is 5.75 Å². The van der Waals surface area contributed by atoms with Crippen molar-refractivity contribution >= 4 is 17.3 Å². The molecule has 0 aliphatic heterocycles. The van der Waals surface area contributed by atoms with Gasteiger partial charge in [0.25, 0.3) is 5.78 Å². The van der Waals surface area contributed by atoms with Crippen molar-refractivity contribution in [2.45, 2.75) is 19.8 Å². The van der Waals surface area contributed by atoms with E-state index in [1.807, 2.05) is 38.1 Å². The van der Waals surface area contributed by atoms with Crippen LogP contribution in [0.25, 0.3) is 5.57 Å². The zero-order valence-corrected chi connectivity index (χ0v) is 20.8. The van der Waals surface area contributed by atoms with Gasteiger partial charge in [-0.2, -0.15) is 0 Å². The third-order valence-corrected chi connectivity index (χ3v) is 6.27. The molecule has 0 bridgehead atoms. The van der Waals surface area contributed by atoms with Gasteiger partial charge >= 0.3 is 0 Å². The largest absolute Gasteiger partial charge is 0.497 e. The van der Waals surface area contributed by atoms with Crippen molar-refractivity contribution in [3.8, 4) is 5.75 Å². The molecule has 6 heteroatoms. The van der Waals surface area contributed by atoms with E-state index < -0.39 is 0 Å². The van der Waals surface area contributed by atoms with E-state index in [0.717, 1.165) is 27.8 Å². The second-order valence-corrected chi connectivity index (χ2v) is 8.27. The molecule has 1 aromatic carbocycles. The fourth-order valence-electron chi connectivity index (χ4n) is 4.46. The number of rotatable bonds is 9. The van der Waals surface area contributed by atoms with E-state index in [4.69, 9.17) is 14.2 Å². The molecule has 1 N–H and O–H groups in total. The van der Waals surface area contributed by atoms with Gasteiger partial charge in [-0.1, -0.05) is 37.8 Å². The lowest BCUT2D eigenvalue weighted by Gasteiger charge is -2.22. The summed E-state index contributed by atoms with van der Waals surface area (Å²) in [5, 5.41) is 2.93. The highest BCUT2D eigenvalue weighted by Crippen LogP contribution is 2.48. The maximum absolute atomic E-state index is 13.2. The number of Topliss-reactive ketones (excluding diaryl/α,β-unsaturated/α-hetero) is 1. The third kappa shape index (κ3) is 5.06. The van der Waals surface area contributed by atoms with Gasteiger partial charge in [-0.05, 0) is 71.7 Å². The lowest BCUT2D eigenvalue weighted by Crippen LogP contribution is -2.31. The van der Waals surface area contributed by atoms with Gasteiger partial charge < -0.3 is 19.5 Å². The van der Waals surface area contributed by atoms with Crippen LogP contribution >= 0.6 is 0 Å². The molecule has 1 aromatic rings. The Bertz CT molecular complexity index is 1200. The molecule has 1 amide bonds. The summed E-state index contributed by atoms with van der Waals surface area (Å²) >= 11 is 0. The predicted octanol–water partition coefficient (Wildman–Crippen LogP) is 5.14. The molecular weight excluding hydrogens is 442 g/mol. The molecular formula is C29H31NO5. The van der Waals surface area contributed by atoms with E-state index in [0.29, 0.717) is 11.4 Å². The summed E-state index contributed by atoms with van der Waals surface area (Å²) in [4.78, 5) is 25.6. The van der Waals surface area contributed by atoms with Crippen LogP contribution in [0.4, 0.5) is 0 Å². The highest BCUT2D eigenvalue weighted by atomic mass is 16.5. The second-order valence-electron chi connectivity index (χ2n) is 8.27. The van der Waals surface area contributed by atoms with Gasteiger partial charge in [0.2, 0.25) is 5.91 Å². The second kappa shape index (κ2) is 10.9. The van der Waals surface area contributed by atoms with E-state index in [1.165, 1.54) is 14.2 Å².